The minimum Gasteiger partial charge on any atom is -0.117 e. The Kier molecular flexibility index (Phi) is 4.32. The monoisotopic (exact) mass is 358 g/mol. The third-order valence-corrected chi connectivity index (χ3v) is 4.73. The highest BCUT2D eigenvalue weighted by molar-refractivity contribution is 9.10. The lowest BCUT2D eigenvalue weighted by atomic mass is 9.94. The number of alkyl halides is 1. The summed E-state index contributed by atoms with van der Waals surface area (Å²) in [7, 11) is 0. The van der Waals surface area contributed by atoms with Crippen LogP contribution in [0.25, 0.3) is 10.8 Å². The lowest BCUT2D eigenvalue weighted by molar-refractivity contribution is 0.919. The maximum absolute atomic E-state index is 6.75. The highest BCUT2D eigenvalue weighted by Gasteiger charge is 2.15. The predicted molar refractivity (Wildman–Crippen MR) is 95.1 cm³/mol. The second kappa shape index (κ2) is 6.21. The Balaban J connectivity index is 1.99. The van der Waals surface area contributed by atoms with Crippen molar-refractivity contribution >= 4 is 38.3 Å². The van der Waals surface area contributed by atoms with E-state index in [9.17, 15) is 0 Å². The molecular weight excluding hydrogens is 344 g/mol. The Hall–Kier alpha value is -1.31. The molecule has 0 N–H and O–H groups in total. The van der Waals surface area contributed by atoms with E-state index in [2.05, 4.69) is 83.5 Å². The van der Waals surface area contributed by atoms with E-state index in [1.807, 2.05) is 0 Å². The smallest absolute Gasteiger partial charge is 0.0634 e. The van der Waals surface area contributed by atoms with E-state index < -0.39 is 0 Å². The molecule has 106 valence electrons. The molecule has 0 saturated carbocycles. The number of aryl methyl sites for hydroxylation is 1. The molecule has 0 bridgehead atoms. The Morgan fingerprint density at radius 2 is 1.67 bits per heavy atom. The first-order valence-corrected chi connectivity index (χ1v) is 8.25. The van der Waals surface area contributed by atoms with Crippen LogP contribution in [0.1, 0.15) is 22.1 Å². The SMILES string of the molecule is Cc1ccc2ccccc2c1C(Cl)Cc1ccc(Br)cc1. The summed E-state index contributed by atoms with van der Waals surface area (Å²) < 4.78 is 1.10. The molecular formula is C19H16BrCl. The van der Waals surface area contributed by atoms with Crippen LogP contribution in [0, 0.1) is 6.92 Å². The first-order valence-electron chi connectivity index (χ1n) is 7.02. The van der Waals surface area contributed by atoms with E-state index in [0.717, 1.165) is 10.9 Å². The van der Waals surface area contributed by atoms with E-state index in [0.29, 0.717) is 0 Å². The highest BCUT2D eigenvalue weighted by atomic mass is 79.9. The molecule has 3 aromatic carbocycles. The van der Waals surface area contributed by atoms with Gasteiger partial charge in [-0.05, 0) is 52.9 Å². The summed E-state index contributed by atoms with van der Waals surface area (Å²) in [4.78, 5) is 0. The van der Waals surface area contributed by atoms with Crippen LogP contribution in [0.2, 0.25) is 0 Å². The summed E-state index contributed by atoms with van der Waals surface area (Å²) in [5.41, 5.74) is 3.76. The maximum atomic E-state index is 6.75. The number of hydrogen-bond acceptors (Lipinski definition) is 0. The molecule has 2 heteroatoms. The summed E-state index contributed by atoms with van der Waals surface area (Å²) >= 11 is 10.2. The van der Waals surface area contributed by atoms with Gasteiger partial charge in [0.25, 0.3) is 0 Å². The molecule has 0 fully saturated rings. The van der Waals surface area contributed by atoms with Crippen LogP contribution in [0.5, 0.6) is 0 Å². The van der Waals surface area contributed by atoms with Gasteiger partial charge in [-0.15, -0.1) is 11.6 Å². The van der Waals surface area contributed by atoms with Crippen LogP contribution in [0.3, 0.4) is 0 Å². The van der Waals surface area contributed by atoms with Crippen LogP contribution in [-0.2, 0) is 6.42 Å². The standard InChI is InChI=1S/C19H16BrCl/c1-13-6-9-15-4-2-3-5-17(15)19(13)18(21)12-14-7-10-16(20)11-8-14/h2-11,18H,12H2,1H3. The average Bonchev–Trinajstić information content (AvgIpc) is 2.49. The molecule has 0 aliphatic rings. The van der Waals surface area contributed by atoms with Crippen molar-refractivity contribution in [1.29, 1.82) is 0 Å². The third-order valence-electron chi connectivity index (χ3n) is 3.83. The number of benzene rings is 3. The molecule has 0 saturated heterocycles. The zero-order chi connectivity index (χ0) is 14.8. The normalized spacial score (nSPS) is 12.5. The van der Waals surface area contributed by atoms with Gasteiger partial charge in [0, 0.05) is 4.47 Å². The molecule has 0 aromatic heterocycles. The Morgan fingerprint density at radius 3 is 2.43 bits per heavy atom. The average molecular weight is 360 g/mol. The molecule has 0 heterocycles. The molecule has 21 heavy (non-hydrogen) atoms. The molecule has 1 unspecified atom stereocenters. The molecule has 0 nitrogen and oxygen atoms in total. The first kappa shape index (κ1) is 14.6. The number of hydrogen-bond donors (Lipinski definition) is 0. The second-order valence-electron chi connectivity index (χ2n) is 5.32. The van der Waals surface area contributed by atoms with Gasteiger partial charge in [0.05, 0.1) is 5.38 Å². The topological polar surface area (TPSA) is 0 Å². The predicted octanol–water partition coefficient (Wildman–Crippen LogP) is 6.43. The van der Waals surface area contributed by atoms with Crippen LogP contribution < -0.4 is 0 Å². The van der Waals surface area contributed by atoms with Gasteiger partial charge < -0.3 is 0 Å². The molecule has 0 aliphatic heterocycles. The van der Waals surface area contributed by atoms with Gasteiger partial charge in [0.1, 0.15) is 0 Å². The Bertz CT molecular complexity index is 762. The Labute approximate surface area is 138 Å². The first-order chi connectivity index (χ1) is 10.1. The van der Waals surface area contributed by atoms with Crippen molar-refractivity contribution in [3.8, 4) is 0 Å². The molecule has 1 atom stereocenters. The molecule has 3 aromatic rings. The minimum absolute atomic E-state index is 0.0164. The molecule has 0 radical (unpaired) electrons. The second-order valence-corrected chi connectivity index (χ2v) is 6.76. The quantitative estimate of drug-likeness (QED) is 0.472. The van der Waals surface area contributed by atoms with Crippen molar-refractivity contribution < 1.29 is 0 Å². The lowest BCUT2D eigenvalue weighted by Gasteiger charge is -2.16. The van der Waals surface area contributed by atoms with Crippen LogP contribution in [0.15, 0.2) is 65.1 Å². The third kappa shape index (κ3) is 3.14. The van der Waals surface area contributed by atoms with Crippen LogP contribution in [-0.4, -0.2) is 0 Å². The molecule has 0 amide bonds. The number of rotatable bonds is 3. The lowest BCUT2D eigenvalue weighted by Crippen LogP contribution is -2.00. The summed E-state index contributed by atoms with van der Waals surface area (Å²) in [6, 6.07) is 21.2. The minimum atomic E-state index is -0.0164. The van der Waals surface area contributed by atoms with Gasteiger partial charge in [-0.2, -0.15) is 0 Å². The zero-order valence-electron chi connectivity index (χ0n) is 11.8. The van der Waals surface area contributed by atoms with Crippen LogP contribution >= 0.6 is 27.5 Å². The van der Waals surface area contributed by atoms with Crippen molar-refractivity contribution in [3.63, 3.8) is 0 Å². The van der Waals surface area contributed by atoms with E-state index in [1.54, 1.807) is 0 Å². The fraction of sp³-hybridized carbons (Fsp3) is 0.158. The van der Waals surface area contributed by atoms with E-state index >= 15 is 0 Å². The number of fused-ring (bicyclic) bond motifs is 1. The molecule has 3 rings (SSSR count). The van der Waals surface area contributed by atoms with Crippen LogP contribution in [0.4, 0.5) is 0 Å². The fourth-order valence-corrected chi connectivity index (χ4v) is 3.48. The Morgan fingerprint density at radius 1 is 0.952 bits per heavy atom. The zero-order valence-corrected chi connectivity index (χ0v) is 14.2. The van der Waals surface area contributed by atoms with E-state index in [1.165, 1.54) is 27.5 Å². The van der Waals surface area contributed by atoms with Gasteiger partial charge in [-0.25, -0.2) is 0 Å². The largest absolute Gasteiger partial charge is 0.117 e. The van der Waals surface area contributed by atoms with Crippen molar-refractivity contribution in [2.75, 3.05) is 0 Å². The maximum Gasteiger partial charge on any atom is 0.0634 e. The number of halogens is 2. The van der Waals surface area contributed by atoms with Crippen molar-refractivity contribution in [3.05, 3.63) is 81.8 Å². The van der Waals surface area contributed by atoms with Gasteiger partial charge in [-0.1, -0.05) is 64.5 Å². The van der Waals surface area contributed by atoms with E-state index in [-0.39, 0.29) is 5.38 Å². The van der Waals surface area contributed by atoms with Gasteiger partial charge in [-0.3, -0.25) is 0 Å². The van der Waals surface area contributed by atoms with Gasteiger partial charge >= 0.3 is 0 Å². The van der Waals surface area contributed by atoms with Gasteiger partial charge in [0.15, 0.2) is 0 Å². The molecule has 0 spiro atoms. The summed E-state index contributed by atoms with van der Waals surface area (Å²) in [6.45, 7) is 2.14. The fourth-order valence-electron chi connectivity index (χ4n) is 2.75. The van der Waals surface area contributed by atoms with Crippen molar-refractivity contribution in [2.45, 2.75) is 18.7 Å². The van der Waals surface area contributed by atoms with Crippen molar-refractivity contribution in [2.24, 2.45) is 0 Å². The highest BCUT2D eigenvalue weighted by Crippen LogP contribution is 2.34. The summed E-state index contributed by atoms with van der Waals surface area (Å²) in [6.07, 6.45) is 0.837. The van der Waals surface area contributed by atoms with Crippen molar-refractivity contribution in [1.82, 2.24) is 0 Å². The summed E-state index contributed by atoms with van der Waals surface area (Å²) in [5, 5.41) is 2.49. The molecule has 0 aliphatic carbocycles. The summed E-state index contributed by atoms with van der Waals surface area (Å²) in [5.74, 6) is 0. The van der Waals surface area contributed by atoms with E-state index in [4.69, 9.17) is 11.6 Å². The van der Waals surface area contributed by atoms with Gasteiger partial charge in [0.2, 0.25) is 0 Å².